The van der Waals surface area contributed by atoms with Crippen LogP contribution >= 0.6 is 0 Å². The second-order valence-corrected chi connectivity index (χ2v) is 5.46. The Bertz CT molecular complexity index is 228. The SMILES string of the molecule is CC(C)(C)OCC(=O)N1CCC(CN)CC1. The molecule has 1 aliphatic heterocycles. The van der Waals surface area contributed by atoms with Crippen LogP contribution in [0.1, 0.15) is 33.6 Å². The third kappa shape index (κ3) is 4.49. The van der Waals surface area contributed by atoms with E-state index >= 15 is 0 Å². The highest BCUT2D eigenvalue weighted by molar-refractivity contribution is 5.77. The molecule has 0 aromatic heterocycles. The third-order valence-electron chi connectivity index (χ3n) is 2.93. The van der Waals surface area contributed by atoms with E-state index < -0.39 is 0 Å². The minimum Gasteiger partial charge on any atom is -0.366 e. The highest BCUT2D eigenvalue weighted by Gasteiger charge is 2.23. The summed E-state index contributed by atoms with van der Waals surface area (Å²) in [6.07, 6.45) is 2.05. The molecule has 4 heteroatoms. The van der Waals surface area contributed by atoms with E-state index in [2.05, 4.69) is 0 Å². The Kier molecular flexibility index (Phi) is 4.74. The highest BCUT2D eigenvalue weighted by Crippen LogP contribution is 2.16. The zero-order valence-corrected chi connectivity index (χ0v) is 10.7. The van der Waals surface area contributed by atoms with E-state index in [1.54, 1.807) is 0 Å². The van der Waals surface area contributed by atoms with Crippen molar-refractivity contribution in [3.05, 3.63) is 0 Å². The Labute approximate surface area is 98.1 Å². The molecule has 16 heavy (non-hydrogen) atoms. The summed E-state index contributed by atoms with van der Waals surface area (Å²) >= 11 is 0. The Balaban J connectivity index is 2.28. The lowest BCUT2D eigenvalue weighted by molar-refractivity contribution is -0.142. The van der Waals surface area contributed by atoms with Crippen LogP contribution < -0.4 is 5.73 Å². The fraction of sp³-hybridized carbons (Fsp3) is 0.917. The summed E-state index contributed by atoms with van der Waals surface area (Å²) in [7, 11) is 0. The molecule has 1 heterocycles. The Morgan fingerprint density at radius 3 is 2.38 bits per heavy atom. The van der Waals surface area contributed by atoms with Gasteiger partial charge in [-0.1, -0.05) is 0 Å². The Morgan fingerprint density at radius 2 is 1.94 bits per heavy atom. The van der Waals surface area contributed by atoms with Crippen molar-refractivity contribution in [2.45, 2.75) is 39.2 Å². The van der Waals surface area contributed by atoms with Crippen LogP contribution in [0.25, 0.3) is 0 Å². The number of piperidine rings is 1. The summed E-state index contributed by atoms with van der Waals surface area (Å²) in [5, 5.41) is 0. The van der Waals surface area contributed by atoms with Gasteiger partial charge in [0.25, 0.3) is 0 Å². The predicted molar refractivity (Wildman–Crippen MR) is 64.1 cm³/mol. The topological polar surface area (TPSA) is 55.6 Å². The normalized spacial score (nSPS) is 18.9. The molecule has 4 nitrogen and oxygen atoms in total. The fourth-order valence-corrected chi connectivity index (χ4v) is 1.79. The molecule has 1 saturated heterocycles. The van der Waals surface area contributed by atoms with Crippen LogP contribution in [0.4, 0.5) is 0 Å². The quantitative estimate of drug-likeness (QED) is 0.784. The van der Waals surface area contributed by atoms with E-state index in [0.717, 1.165) is 32.5 Å². The van der Waals surface area contributed by atoms with Crippen molar-refractivity contribution in [3.8, 4) is 0 Å². The van der Waals surface area contributed by atoms with Gasteiger partial charge in [-0.2, -0.15) is 0 Å². The molecular formula is C12H24N2O2. The maximum Gasteiger partial charge on any atom is 0.248 e. The number of nitrogens with zero attached hydrogens (tertiary/aromatic N) is 1. The zero-order valence-electron chi connectivity index (χ0n) is 10.7. The van der Waals surface area contributed by atoms with Crippen LogP contribution in [-0.4, -0.2) is 42.6 Å². The lowest BCUT2D eigenvalue weighted by Gasteiger charge is -2.32. The monoisotopic (exact) mass is 228 g/mol. The van der Waals surface area contributed by atoms with Crippen LogP contribution in [0.15, 0.2) is 0 Å². The number of hydrogen-bond acceptors (Lipinski definition) is 3. The summed E-state index contributed by atoms with van der Waals surface area (Å²) in [5.74, 6) is 0.693. The average molecular weight is 228 g/mol. The molecule has 0 saturated carbocycles. The Morgan fingerprint density at radius 1 is 1.38 bits per heavy atom. The fourth-order valence-electron chi connectivity index (χ4n) is 1.79. The number of carbonyl (C=O) groups is 1. The standard InChI is InChI=1S/C12H24N2O2/c1-12(2,3)16-9-11(15)14-6-4-10(8-13)5-7-14/h10H,4-9,13H2,1-3H3. The van der Waals surface area contributed by atoms with Gasteiger partial charge in [-0.25, -0.2) is 0 Å². The van der Waals surface area contributed by atoms with Gasteiger partial charge in [-0.15, -0.1) is 0 Å². The summed E-state index contributed by atoms with van der Waals surface area (Å²) in [6, 6.07) is 0. The molecular weight excluding hydrogens is 204 g/mol. The van der Waals surface area contributed by atoms with Gasteiger partial charge in [0.05, 0.1) is 5.60 Å². The molecule has 0 unspecified atom stereocenters. The second kappa shape index (κ2) is 5.64. The van der Waals surface area contributed by atoms with Crippen molar-refractivity contribution in [1.82, 2.24) is 4.90 Å². The lowest BCUT2D eigenvalue weighted by atomic mass is 9.97. The van der Waals surface area contributed by atoms with Gasteiger partial charge in [0, 0.05) is 13.1 Å². The number of ether oxygens (including phenoxy) is 1. The number of amides is 1. The highest BCUT2D eigenvalue weighted by atomic mass is 16.5. The third-order valence-corrected chi connectivity index (χ3v) is 2.93. The van der Waals surface area contributed by atoms with Gasteiger partial charge in [0.2, 0.25) is 5.91 Å². The van der Waals surface area contributed by atoms with E-state index in [1.165, 1.54) is 0 Å². The summed E-state index contributed by atoms with van der Waals surface area (Å²) in [6.45, 7) is 8.46. The first-order chi connectivity index (χ1) is 7.42. The van der Waals surface area contributed by atoms with Crippen molar-refractivity contribution >= 4 is 5.91 Å². The van der Waals surface area contributed by atoms with E-state index in [0.29, 0.717) is 5.92 Å². The van der Waals surface area contributed by atoms with Crippen LogP contribution in [0.5, 0.6) is 0 Å². The number of rotatable bonds is 3. The van der Waals surface area contributed by atoms with Crippen LogP contribution in [0.2, 0.25) is 0 Å². The molecule has 0 spiro atoms. The molecule has 0 atom stereocenters. The molecule has 1 rings (SSSR count). The number of likely N-dealkylation sites (tertiary alicyclic amines) is 1. The maximum atomic E-state index is 11.8. The lowest BCUT2D eigenvalue weighted by Crippen LogP contribution is -2.42. The van der Waals surface area contributed by atoms with Gasteiger partial charge in [0.1, 0.15) is 6.61 Å². The van der Waals surface area contributed by atoms with Crippen molar-refractivity contribution in [2.75, 3.05) is 26.2 Å². The van der Waals surface area contributed by atoms with Gasteiger partial charge in [0.15, 0.2) is 0 Å². The summed E-state index contributed by atoms with van der Waals surface area (Å²) in [5.41, 5.74) is 5.37. The van der Waals surface area contributed by atoms with Crippen LogP contribution in [-0.2, 0) is 9.53 Å². The smallest absolute Gasteiger partial charge is 0.248 e. The number of hydrogen-bond donors (Lipinski definition) is 1. The average Bonchev–Trinajstić information content (AvgIpc) is 2.25. The predicted octanol–water partition coefficient (Wildman–Crippen LogP) is 0.999. The molecule has 2 N–H and O–H groups in total. The Hall–Kier alpha value is -0.610. The first-order valence-electron chi connectivity index (χ1n) is 6.04. The molecule has 0 aromatic carbocycles. The van der Waals surface area contributed by atoms with E-state index in [1.807, 2.05) is 25.7 Å². The molecule has 1 fully saturated rings. The molecule has 1 amide bonds. The molecule has 0 bridgehead atoms. The summed E-state index contributed by atoms with van der Waals surface area (Å²) in [4.78, 5) is 13.7. The van der Waals surface area contributed by atoms with Gasteiger partial charge in [-0.3, -0.25) is 4.79 Å². The molecule has 0 aliphatic carbocycles. The first kappa shape index (κ1) is 13.5. The van der Waals surface area contributed by atoms with Gasteiger partial charge in [-0.05, 0) is 46.1 Å². The van der Waals surface area contributed by atoms with E-state index in [4.69, 9.17) is 10.5 Å². The zero-order chi connectivity index (χ0) is 12.2. The number of nitrogens with two attached hydrogens (primary N) is 1. The first-order valence-corrected chi connectivity index (χ1v) is 6.04. The van der Waals surface area contributed by atoms with Crippen molar-refractivity contribution in [2.24, 2.45) is 11.7 Å². The van der Waals surface area contributed by atoms with Crippen molar-refractivity contribution in [3.63, 3.8) is 0 Å². The molecule has 0 radical (unpaired) electrons. The van der Waals surface area contributed by atoms with Crippen molar-refractivity contribution < 1.29 is 9.53 Å². The summed E-state index contributed by atoms with van der Waals surface area (Å²) < 4.78 is 5.48. The van der Waals surface area contributed by atoms with E-state index in [-0.39, 0.29) is 18.1 Å². The molecule has 0 aromatic rings. The minimum atomic E-state index is -0.245. The maximum absolute atomic E-state index is 11.8. The molecule has 1 aliphatic rings. The minimum absolute atomic E-state index is 0.102. The second-order valence-electron chi connectivity index (χ2n) is 5.46. The van der Waals surface area contributed by atoms with Gasteiger partial charge >= 0.3 is 0 Å². The van der Waals surface area contributed by atoms with Crippen LogP contribution in [0.3, 0.4) is 0 Å². The largest absolute Gasteiger partial charge is 0.366 e. The van der Waals surface area contributed by atoms with E-state index in [9.17, 15) is 4.79 Å². The molecule has 94 valence electrons. The van der Waals surface area contributed by atoms with Crippen LogP contribution in [0, 0.1) is 5.92 Å². The van der Waals surface area contributed by atoms with Gasteiger partial charge < -0.3 is 15.4 Å². The van der Waals surface area contributed by atoms with Crippen molar-refractivity contribution in [1.29, 1.82) is 0 Å². The number of carbonyl (C=O) groups excluding carboxylic acids is 1.